The summed E-state index contributed by atoms with van der Waals surface area (Å²) in [6, 6.07) is 7.06. The summed E-state index contributed by atoms with van der Waals surface area (Å²) in [4.78, 5) is 15.9. The van der Waals surface area contributed by atoms with E-state index < -0.39 is 27.5 Å². The Kier molecular flexibility index (Phi) is 10.9. The Morgan fingerprint density at radius 3 is 2.14 bits per heavy atom. The second kappa shape index (κ2) is 14.6. The molecule has 0 radical (unpaired) electrons. The average molecular weight is 617 g/mol. The molecule has 0 amide bonds. The molecule has 43 heavy (non-hydrogen) atoms. The van der Waals surface area contributed by atoms with Crippen LogP contribution >= 0.6 is 0 Å². The van der Waals surface area contributed by atoms with Crippen molar-refractivity contribution in [3.8, 4) is 28.7 Å². The molecule has 3 aromatic rings. The van der Waals surface area contributed by atoms with E-state index in [0.717, 1.165) is 5.56 Å². The molecule has 0 bridgehead atoms. The Balaban J connectivity index is 1.68. The summed E-state index contributed by atoms with van der Waals surface area (Å²) in [5.41, 5.74) is 1.48. The number of benzene rings is 2. The highest BCUT2D eigenvalue weighted by molar-refractivity contribution is 7.92. The van der Waals surface area contributed by atoms with Crippen molar-refractivity contribution in [2.45, 2.75) is 63.2 Å². The van der Waals surface area contributed by atoms with E-state index in [2.05, 4.69) is 4.98 Å². The van der Waals surface area contributed by atoms with Crippen LogP contribution in [0.15, 0.2) is 47.9 Å². The van der Waals surface area contributed by atoms with Crippen molar-refractivity contribution in [3.63, 3.8) is 0 Å². The minimum Gasteiger partial charge on any atom is -0.493 e. The second-order valence-electron chi connectivity index (χ2n) is 10.3. The van der Waals surface area contributed by atoms with Crippen LogP contribution in [0.25, 0.3) is 0 Å². The molecule has 1 saturated heterocycles. The Hall–Kier alpha value is -3.77. The summed E-state index contributed by atoms with van der Waals surface area (Å²) < 4.78 is 64.0. The molecule has 0 saturated carbocycles. The van der Waals surface area contributed by atoms with Gasteiger partial charge in [0, 0.05) is 18.9 Å². The molecule has 0 unspecified atom stereocenters. The van der Waals surface area contributed by atoms with Gasteiger partial charge in [-0.05, 0) is 68.0 Å². The number of hydrogen-bond acceptors (Lipinski definition) is 10. The van der Waals surface area contributed by atoms with Crippen LogP contribution in [-0.2, 0) is 25.9 Å². The van der Waals surface area contributed by atoms with Crippen molar-refractivity contribution >= 4 is 15.6 Å². The Bertz CT molecular complexity index is 1460. The van der Waals surface area contributed by atoms with Crippen LogP contribution in [0.2, 0.25) is 0 Å². The lowest BCUT2D eigenvalue weighted by atomic mass is 10.0. The number of sulfone groups is 1. The van der Waals surface area contributed by atoms with Crippen molar-refractivity contribution in [1.82, 2.24) is 9.55 Å². The van der Waals surface area contributed by atoms with Gasteiger partial charge in [0.1, 0.15) is 16.4 Å². The highest BCUT2D eigenvalue weighted by Crippen LogP contribution is 2.48. The van der Waals surface area contributed by atoms with Crippen LogP contribution in [0.5, 0.6) is 28.7 Å². The van der Waals surface area contributed by atoms with E-state index in [-0.39, 0.29) is 23.4 Å². The van der Waals surface area contributed by atoms with Gasteiger partial charge < -0.3 is 33.0 Å². The average Bonchev–Trinajstić information content (AvgIpc) is 3.70. The minimum absolute atomic E-state index is 0.0712. The van der Waals surface area contributed by atoms with Crippen molar-refractivity contribution in [1.29, 1.82) is 0 Å². The third-order valence-corrected chi connectivity index (χ3v) is 8.81. The van der Waals surface area contributed by atoms with Gasteiger partial charge in [0.2, 0.25) is 5.75 Å². The molecule has 0 N–H and O–H groups in total. The van der Waals surface area contributed by atoms with E-state index in [9.17, 15) is 13.2 Å². The van der Waals surface area contributed by atoms with Crippen molar-refractivity contribution in [2.75, 3.05) is 40.3 Å². The Labute approximate surface area is 252 Å². The van der Waals surface area contributed by atoms with Gasteiger partial charge in [-0.1, -0.05) is 6.92 Å². The normalized spacial score (nSPS) is 16.6. The molecule has 234 valence electrons. The number of ether oxygens (including phenoxy) is 6. The maximum absolute atomic E-state index is 13.5. The molecule has 1 aliphatic heterocycles. The number of aromatic nitrogens is 2. The molecule has 12 heteroatoms. The van der Waals surface area contributed by atoms with Crippen LogP contribution in [0.3, 0.4) is 0 Å². The van der Waals surface area contributed by atoms with Gasteiger partial charge in [0.15, 0.2) is 32.8 Å². The number of Topliss-reactive ketones (excluding diaryl/α,β-unsaturated/α-hetero) is 1. The van der Waals surface area contributed by atoms with Crippen molar-refractivity contribution < 1.29 is 41.6 Å². The van der Waals surface area contributed by atoms with Gasteiger partial charge in [-0.3, -0.25) is 4.79 Å². The standard InChI is InChI=1S/C31H40N2O9S/c1-6-13-41-31-28(40-14-7-11-33-12-10-32-20-33)17-23(18-29(31)43(35,36)19-21(2)34)25-9-8-24(42-25)22-15-26(37-3)30(39-5)27(16-22)38-4/h10,12,15-18,20,24-25H,6-9,11,13-14,19H2,1-5H3/t24-,25-/m0/s1. The fourth-order valence-electron chi connectivity index (χ4n) is 5.08. The first-order valence-electron chi connectivity index (χ1n) is 14.3. The lowest BCUT2D eigenvalue weighted by molar-refractivity contribution is -0.114. The first-order valence-corrected chi connectivity index (χ1v) is 15.9. The molecule has 1 fully saturated rings. The topological polar surface area (TPSA) is 124 Å². The number of ketones is 1. The van der Waals surface area contributed by atoms with Crippen molar-refractivity contribution in [2.24, 2.45) is 0 Å². The molecular formula is C31H40N2O9S. The molecule has 0 spiro atoms. The third kappa shape index (κ3) is 7.80. The molecule has 0 aliphatic carbocycles. The number of carbonyl (C=O) groups is 1. The number of rotatable bonds is 16. The number of nitrogens with zero attached hydrogens (tertiary/aromatic N) is 2. The molecule has 1 aromatic heterocycles. The summed E-state index contributed by atoms with van der Waals surface area (Å²) in [6.45, 7) is 4.47. The number of aryl methyl sites for hydroxylation is 1. The van der Waals surface area contributed by atoms with Gasteiger partial charge in [-0.15, -0.1) is 0 Å². The number of methoxy groups -OCH3 is 3. The summed E-state index contributed by atoms with van der Waals surface area (Å²) in [7, 11) is 0.639. The highest BCUT2D eigenvalue weighted by Gasteiger charge is 2.33. The third-order valence-electron chi connectivity index (χ3n) is 7.05. The molecule has 2 aromatic carbocycles. The predicted octanol–water partition coefficient (Wildman–Crippen LogP) is 5.12. The Morgan fingerprint density at radius 1 is 0.930 bits per heavy atom. The van der Waals surface area contributed by atoms with Gasteiger partial charge in [0.05, 0.1) is 53.1 Å². The number of imidazole rings is 1. The smallest absolute Gasteiger partial charge is 0.203 e. The largest absolute Gasteiger partial charge is 0.493 e. The zero-order valence-electron chi connectivity index (χ0n) is 25.3. The molecule has 1 aliphatic rings. The van der Waals surface area contributed by atoms with Crippen molar-refractivity contribution in [3.05, 3.63) is 54.1 Å². The van der Waals surface area contributed by atoms with Gasteiger partial charge >= 0.3 is 0 Å². The summed E-state index contributed by atoms with van der Waals surface area (Å²) >= 11 is 0. The number of carbonyl (C=O) groups excluding carboxylic acids is 1. The first-order chi connectivity index (χ1) is 20.7. The van der Waals surface area contributed by atoms with Crippen LogP contribution < -0.4 is 23.7 Å². The maximum Gasteiger partial charge on any atom is 0.203 e. The SMILES string of the molecule is CCCOc1c(OCCCn2ccnc2)cc([C@@H]2CC[C@@H](c3cc(OC)c(OC)c(OC)c3)O2)cc1S(=O)(=O)CC(C)=O. The van der Waals surface area contributed by atoms with E-state index in [1.165, 1.54) is 6.92 Å². The zero-order valence-corrected chi connectivity index (χ0v) is 26.1. The molecular weight excluding hydrogens is 576 g/mol. The van der Waals surface area contributed by atoms with E-state index in [1.54, 1.807) is 46.0 Å². The molecule has 4 rings (SSSR count). The van der Waals surface area contributed by atoms with E-state index in [4.69, 9.17) is 28.4 Å². The van der Waals surface area contributed by atoms with Crippen LogP contribution in [0.1, 0.15) is 62.9 Å². The van der Waals surface area contributed by atoms with E-state index >= 15 is 0 Å². The summed E-state index contributed by atoms with van der Waals surface area (Å²) in [5, 5.41) is 0. The van der Waals surface area contributed by atoms with E-state index in [0.29, 0.717) is 67.4 Å². The fraction of sp³-hybridized carbons (Fsp3) is 0.484. The highest BCUT2D eigenvalue weighted by atomic mass is 32.2. The molecule has 2 atom stereocenters. The molecule has 11 nitrogen and oxygen atoms in total. The predicted molar refractivity (Wildman–Crippen MR) is 159 cm³/mol. The monoisotopic (exact) mass is 616 g/mol. The fourth-order valence-corrected chi connectivity index (χ4v) is 6.52. The van der Waals surface area contributed by atoms with Crippen LogP contribution in [0, 0.1) is 0 Å². The number of hydrogen-bond donors (Lipinski definition) is 0. The van der Waals surface area contributed by atoms with Gasteiger partial charge in [-0.2, -0.15) is 0 Å². The maximum atomic E-state index is 13.5. The lowest BCUT2D eigenvalue weighted by Gasteiger charge is -2.21. The minimum atomic E-state index is -4.02. The second-order valence-corrected chi connectivity index (χ2v) is 12.3. The zero-order chi connectivity index (χ0) is 31.0. The van der Waals surface area contributed by atoms with Crippen LogP contribution in [0.4, 0.5) is 0 Å². The quantitative estimate of drug-likeness (QED) is 0.200. The summed E-state index contributed by atoms with van der Waals surface area (Å²) in [6.07, 6.45) is 7.20. The van der Waals surface area contributed by atoms with Crippen LogP contribution in [-0.4, -0.2) is 64.0 Å². The van der Waals surface area contributed by atoms with Gasteiger partial charge in [0.25, 0.3) is 0 Å². The molecule has 2 heterocycles. The van der Waals surface area contributed by atoms with Gasteiger partial charge in [-0.25, -0.2) is 13.4 Å². The van der Waals surface area contributed by atoms with E-state index in [1.807, 2.05) is 29.8 Å². The summed E-state index contributed by atoms with van der Waals surface area (Å²) in [5.74, 6) is 0.844. The lowest BCUT2D eigenvalue weighted by Crippen LogP contribution is -2.17. The Morgan fingerprint density at radius 2 is 1.58 bits per heavy atom. The first kappa shape index (κ1) is 32.2.